The number of nitrogens with one attached hydrogen (secondary N) is 1. The Kier molecular flexibility index (Phi) is 4.53. The van der Waals surface area contributed by atoms with Crippen molar-refractivity contribution in [3.63, 3.8) is 0 Å². The van der Waals surface area contributed by atoms with E-state index in [2.05, 4.69) is 5.48 Å². The molecule has 0 spiro atoms. The van der Waals surface area contributed by atoms with E-state index in [1.54, 1.807) is 0 Å². The molecule has 0 bridgehead atoms. The van der Waals surface area contributed by atoms with Gasteiger partial charge < -0.3 is 0 Å². The molecule has 0 aromatic rings. The minimum Gasteiger partial charge on any atom is -0.273 e. The average Bonchev–Trinajstić information content (AvgIpc) is 2.62. The van der Waals surface area contributed by atoms with Crippen molar-refractivity contribution >= 4 is 15.7 Å². The molecule has 1 fully saturated rings. The van der Waals surface area contributed by atoms with Crippen molar-refractivity contribution in [1.29, 1.82) is 0 Å². The van der Waals surface area contributed by atoms with Gasteiger partial charge in [-0.25, -0.2) is 13.9 Å². The monoisotopic (exact) mass is 235 g/mol. The molecule has 1 saturated carbocycles. The quantitative estimate of drug-likeness (QED) is 0.701. The van der Waals surface area contributed by atoms with Gasteiger partial charge in [0.25, 0.3) is 0 Å². The van der Waals surface area contributed by atoms with E-state index < -0.39 is 9.84 Å². The Hall–Kier alpha value is -0.620. The summed E-state index contributed by atoms with van der Waals surface area (Å²) in [4.78, 5) is 16.3. The van der Waals surface area contributed by atoms with Crippen LogP contribution in [0.1, 0.15) is 32.1 Å². The van der Waals surface area contributed by atoms with Crippen LogP contribution >= 0.6 is 0 Å². The molecule has 0 aromatic carbocycles. The molecular formula is C9H17NO4S. The summed E-state index contributed by atoms with van der Waals surface area (Å²) >= 11 is 0. The summed E-state index contributed by atoms with van der Waals surface area (Å²) in [7, 11) is -3.07. The van der Waals surface area contributed by atoms with Gasteiger partial charge in [-0.15, -0.1) is 0 Å². The van der Waals surface area contributed by atoms with Crippen LogP contribution in [0.25, 0.3) is 0 Å². The van der Waals surface area contributed by atoms with Crippen LogP contribution < -0.4 is 5.48 Å². The lowest BCUT2D eigenvalue weighted by atomic mass is 10.3. The molecule has 15 heavy (non-hydrogen) atoms. The minimum absolute atomic E-state index is 0.0362. The number of carbonyl (C=O) groups excluding carboxylic acids is 1. The summed E-state index contributed by atoms with van der Waals surface area (Å²) in [5, 5.41) is 0. The predicted molar refractivity (Wildman–Crippen MR) is 55.8 cm³/mol. The Morgan fingerprint density at radius 1 is 1.40 bits per heavy atom. The molecule has 5 nitrogen and oxygen atoms in total. The number of carbonyl (C=O) groups is 1. The highest BCUT2D eigenvalue weighted by molar-refractivity contribution is 7.90. The van der Waals surface area contributed by atoms with Crippen molar-refractivity contribution in [2.45, 2.75) is 38.2 Å². The summed E-state index contributed by atoms with van der Waals surface area (Å²) in [6, 6.07) is 0. The average molecular weight is 235 g/mol. The Morgan fingerprint density at radius 2 is 2.00 bits per heavy atom. The van der Waals surface area contributed by atoms with Gasteiger partial charge in [-0.05, 0) is 12.8 Å². The van der Waals surface area contributed by atoms with Crippen LogP contribution in [0.3, 0.4) is 0 Å². The molecule has 0 heterocycles. The van der Waals surface area contributed by atoms with E-state index >= 15 is 0 Å². The van der Waals surface area contributed by atoms with Crippen molar-refractivity contribution in [3.05, 3.63) is 0 Å². The van der Waals surface area contributed by atoms with E-state index in [0.29, 0.717) is 0 Å². The fraction of sp³-hybridized carbons (Fsp3) is 0.889. The SMILES string of the molecule is CS(=O)(=O)CCC(=O)NOC1CCCC1. The van der Waals surface area contributed by atoms with E-state index in [1.807, 2.05) is 0 Å². The molecule has 1 aliphatic rings. The molecule has 1 N–H and O–H groups in total. The highest BCUT2D eigenvalue weighted by Gasteiger charge is 2.17. The van der Waals surface area contributed by atoms with E-state index in [4.69, 9.17) is 4.84 Å². The van der Waals surface area contributed by atoms with Crippen LogP contribution in [0, 0.1) is 0 Å². The Bertz CT molecular complexity index is 306. The number of hydroxylamine groups is 1. The summed E-state index contributed by atoms with van der Waals surface area (Å²) < 4.78 is 21.6. The number of amides is 1. The maximum atomic E-state index is 11.1. The van der Waals surface area contributed by atoms with Gasteiger partial charge in [0.05, 0.1) is 11.9 Å². The number of hydrogen-bond donors (Lipinski definition) is 1. The second-order valence-electron chi connectivity index (χ2n) is 3.93. The van der Waals surface area contributed by atoms with Crippen molar-refractivity contribution < 1.29 is 18.0 Å². The van der Waals surface area contributed by atoms with E-state index in [1.165, 1.54) is 0 Å². The first-order valence-electron chi connectivity index (χ1n) is 5.09. The third kappa shape index (κ3) is 5.74. The standard InChI is InChI=1S/C9H17NO4S/c1-15(12,13)7-6-9(11)10-14-8-4-2-3-5-8/h8H,2-7H2,1H3,(H,10,11). The van der Waals surface area contributed by atoms with E-state index in [-0.39, 0.29) is 24.2 Å². The summed E-state index contributed by atoms with van der Waals surface area (Å²) in [5.74, 6) is -0.500. The molecule has 0 aliphatic heterocycles. The first-order valence-corrected chi connectivity index (χ1v) is 7.15. The van der Waals surface area contributed by atoms with Crippen LogP contribution in [0.5, 0.6) is 0 Å². The van der Waals surface area contributed by atoms with Crippen LogP contribution in [0.15, 0.2) is 0 Å². The van der Waals surface area contributed by atoms with Gasteiger partial charge in [-0.2, -0.15) is 0 Å². The van der Waals surface area contributed by atoms with Gasteiger partial charge in [0.2, 0.25) is 5.91 Å². The van der Waals surface area contributed by atoms with Gasteiger partial charge in [0.1, 0.15) is 9.84 Å². The number of rotatable bonds is 5. The van der Waals surface area contributed by atoms with E-state index in [0.717, 1.165) is 31.9 Å². The molecular weight excluding hydrogens is 218 g/mol. The highest BCUT2D eigenvalue weighted by Crippen LogP contribution is 2.19. The lowest BCUT2D eigenvalue weighted by Crippen LogP contribution is -2.29. The zero-order valence-electron chi connectivity index (χ0n) is 8.86. The molecule has 1 rings (SSSR count). The summed E-state index contributed by atoms with van der Waals surface area (Å²) in [6.45, 7) is 0. The Morgan fingerprint density at radius 3 is 2.53 bits per heavy atom. The summed E-state index contributed by atoms with van der Waals surface area (Å²) in [5.41, 5.74) is 2.29. The molecule has 0 atom stereocenters. The number of sulfone groups is 1. The maximum Gasteiger partial charge on any atom is 0.244 e. The molecule has 0 unspecified atom stereocenters. The fourth-order valence-corrected chi connectivity index (χ4v) is 2.04. The highest BCUT2D eigenvalue weighted by atomic mass is 32.2. The topological polar surface area (TPSA) is 72.5 Å². The first kappa shape index (κ1) is 12.4. The normalized spacial score (nSPS) is 17.9. The van der Waals surface area contributed by atoms with Gasteiger partial charge in [-0.1, -0.05) is 12.8 Å². The third-order valence-corrected chi connectivity index (χ3v) is 3.29. The van der Waals surface area contributed by atoms with E-state index in [9.17, 15) is 13.2 Å². The van der Waals surface area contributed by atoms with Crippen LogP contribution in [0.4, 0.5) is 0 Å². The summed E-state index contributed by atoms with van der Waals surface area (Å²) in [6.07, 6.45) is 5.36. The fourth-order valence-electron chi connectivity index (χ4n) is 1.48. The molecule has 1 amide bonds. The van der Waals surface area contributed by atoms with Gasteiger partial charge in [-0.3, -0.25) is 9.63 Å². The first-order chi connectivity index (χ1) is 6.97. The minimum atomic E-state index is -3.07. The van der Waals surface area contributed by atoms with Gasteiger partial charge in [0.15, 0.2) is 0 Å². The molecule has 1 aliphatic carbocycles. The lowest BCUT2D eigenvalue weighted by molar-refractivity contribution is -0.137. The Labute approximate surface area is 90.1 Å². The van der Waals surface area contributed by atoms with Crippen molar-refractivity contribution in [1.82, 2.24) is 5.48 Å². The predicted octanol–water partition coefficient (Wildman–Crippen LogP) is 0.411. The molecule has 0 aromatic heterocycles. The lowest BCUT2D eigenvalue weighted by Gasteiger charge is -2.10. The number of hydrogen-bond acceptors (Lipinski definition) is 4. The molecule has 0 radical (unpaired) electrons. The second kappa shape index (κ2) is 5.46. The van der Waals surface area contributed by atoms with Crippen LogP contribution in [-0.2, 0) is 19.5 Å². The van der Waals surface area contributed by atoms with Crippen molar-refractivity contribution in [2.24, 2.45) is 0 Å². The van der Waals surface area contributed by atoms with Crippen molar-refractivity contribution in [3.8, 4) is 0 Å². The third-order valence-electron chi connectivity index (χ3n) is 2.34. The Balaban J connectivity index is 2.13. The molecule has 0 saturated heterocycles. The largest absolute Gasteiger partial charge is 0.273 e. The van der Waals surface area contributed by atoms with Crippen LogP contribution in [0.2, 0.25) is 0 Å². The van der Waals surface area contributed by atoms with Gasteiger partial charge in [0, 0.05) is 12.7 Å². The zero-order valence-corrected chi connectivity index (χ0v) is 9.68. The van der Waals surface area contributed by atoms with Crippen molar-refractivity contribution in [2.75, 3.05) is 12.0 Å². The second-order valence-corrected chi connectivity index (χ2v) is 6.19. The maximum absolute atomic E-state index is 11.1. The molecule has 6 heteroatoms. The molecule has 88 valence electrons. The smallest absolute Gasteiger partial charge is 0.244 e. The zero-order chi connectivity index (χ0) is 11.3. The van der Waals surface area contributed by atoms with Crippen LogP contribution in [-0.4, -0.2) is 32.4 Å². The van der Waals surface area contributed by atoms with Gasteiger partial charge >= 0.3 is 0 Å².